The highest BCUT2D eigenvalue weighted by atomic mass is 32.3. The molecule has 12 heteroatoms. The van der Waals surface area contributed by atoms with Gasteiger partial charge in [0.2, 0.25) is 0 Å². The molecule has 0 fully saturated rings. The fourth-order valence-electron chi connectivity index (χ4n) is 0.388. The summed E-state index contributed by atoms with van der Waals surface area (Å²) in [7, 11) is -5.55. The Labute approximate surface area is 83.0 Å². The quantitative estimate of drug-likeness (QED) is 0.448. The minimum Gasteiger partial charge on any atom is -0.188 e. The SMILES string of the molecule is O=S(=O)(F)N=CC(N=S(F)F)C(F)(F)F. The van der Waals surface area contributed by atoms with Crippen LogP contribution in [0.15, 0.2) is 8.76 Å². The van der Waals surface area contributed by atoms with Gasteiger partial charge in [-0.05, 0) is 0 Å². The summed E-state index contributed by atoms with van der Waals surface area (Å²) < 4.78 is 93.1. The maximum atomic E-state index is 11.8. The molecule has 0 aliphatic rings. The number of hydrogen-bond donors (Lipinski definition) is 0. The van der Waals surface area contributed by atoms with Gasteiger partial charge in [0, 0.05) is 0 Å². The van der Waals surface area contributed by atoms with Crippen LogP contribution in [0.25, 0.3) is 0 Å². The standard InChI is InChI=1S/C3H2F6N2O2S2/c4-3(5,6)2(11-14(7)8)1-10-15(9,12)13/h1-2H. The lowest BCUT2D eigenvalue weighted by atomic mass is 10.3. The van der Waals surface area contributed by atoms with Gasteiger partial charge in [0.25, 0.3) is 11.5 Å². The number of nitrogens with zero attached hydrogens (tertiary/aromatic N) is 2. The molecular weight excluding hydrogens is 274 g/mol. The number of rotatable bonds is 3. The van der Waals surface area contributed by atoms with Crippen molar-refractivity contribution in [1.29, 1.82) is 0 Å². The van der Waals surface area contributed by atoms with E-state index in [1.807, 2.05) is 8.76 Å². The maximum Gasteiger partial charge on any atom is 0.417 e. The fourth-order valence-corrected chi connectivity index (χ4v) is 0.994. The van der Waals surface area contributed by atoms with Crippen LogP contribution in [0.4, 0.5) is 24.8 Å². The molecule has 0 saturated heterocycles. The van der Waals surface area contributed by atoms with E-state index in [2.05, 4.69) is 0 Å². The van der Waals surface area contributed by atoms with Gasteiger partial charge in [-0.25, -0.2) is 0 Å². The lowest BCUT2D eigenvalue weighted by molar-refractivity contribution is -0.130. The highest BCUT2D eigenvalue weighted by molar-refractivity contribution is 7.85. The summed E-state index contributed by atoms with van der Waals surface area (Å²) in [5.74, 6) is 0. The molecule has 0 saturated carbocycles. The Balaban J connectivity index is 5.01. The van der Waals surface area contributed by atoms with E-state index in [0.29, 0.717) is 0 Å². The van der Waals surface area contributed by atoms with Gasteiger partial charge >= 0.3 is 16.6 Å². The molecule has 0 aromatic carbocycles. The van der Waals surface area contributed by atoms with Crippen LogP contribution < -0.4 is 0 Å². The molecule has 0 N–H and O–H groups in total. The third-order valence-electron chi connectivity index (χ3n) is 0.857. The average molecular weight is 276 g/mol. The van der Waals surface area contributed by atoms with Gasteiger partial charge in [-0.1, -0.05) is 3.89 Å². The molecule has 0 aliphatic carbocycles. The van der Waals surface area contributed by atoms with Crippen LogP contribution in [0, 0.1) is 0 Å². The van der Waals surface area contributed by atoms with Crippen LogP contribution in [0.1, 0.15) is 0 Å². The summed E-state index contributed by atoms with van der Waals surface area (Å²) in [6.45, 7) is 0. The molecule has 0 aromatic heterocycles. The molecule has 0 spiro atoms. The lowest BCUT2D eigenvalue weighted by Crippen LogP contribution is -2.28. The maximum absolute atomic E-state index is 11.8. The van der Waals surface area contributed by atoms with Crippen molar-refractivity contribution < 1.29 is 33.2 Å². The first-order chi connectivity index (χ1) is 6.52. The fraction of sp³-hybridized carbons (Fsp3) is 0.667. The van der Waals surface area contributed by atoms with E-state index in [1.165, 1.54) is 0 Å². The number of halogens is 6. The predicted octanol–water partition coefficient (Wildman–Crippen LogP) is 1.77. The van der Waals surface area contributed by atoms with Gasteiger partial charge in [-0.3, -0.25) is 0 Å². The number of alkyl halides is 3. The topological polar surface area (TPSA) is 58.9 Å². The predicted molar refractivity (Wildman–Crippen MR) is 40.4 cm³/mol. The Kier molecular flexibility index (Phi) is 4.70. The molecule has 0 heterocycles. The van der Waals surface area contributed by atoms with Gasteiger partial charge in [0.15, 0.2) is 6.04 Å². The summed E-state index contributed by atoms with van der Waals surface area (Å²) in [5, 5.41) is 0. The second-order valence-corrected chi connectivity index (χ2v) is 3.59. The summed E-state index contributed by atoms with van der Waals surface area (Å²) in [6.07, 6.45) is -5.80. The Morgan fingerprint density at radius 2 is 1.73 bits per heavy atom. The van der Waals surface area contributed by atoms with Crippen LogP contribution >= 0.6 is 0 Å². The molecule has 0 bridgehead atoms. The summed E-state index contributed by atoms with van der Waals surface area (Å²) in [6, 6.07) is -3.15. The average Bonchev–Trinajstić information content (AvgIpc) is 1.93. The van der Waals surface area contributed by atoms with E-state index in [4.69, 9.17) is 0 Å². The molecule has 1 unspecified atom stereocenters. The molecule has 1 atom stereocenters. The van der Waals surface area contributed by atoms with Crippen molar-refractivity contribution in [2.24, 2.45) is 8.76 Å². The van der Waals surface area contributed by atoms with Gasteiger partial charge in [-0.2, -0.15) is 26.0 Å². The second kappa shape index (κ2) is 4.92. The van der Waals surface area contributed by atoms with Crippen LogP contribution in [-0.2, 0) is 21.9 Å². The Morgan fingerprint density at radius 1 is 1.27 bits per heavy atom. The van der Waals surface area contributed by atoms with E-state index >= 15 is 0 Å². The van der Waals surface area contributed by atoms with Crippen molar-refractivity contribution in [2.75, 3.05) is 0 Å². The summed E-state index contributed by atoms with van der Waals surface area (Å²) in [4.78, 5) is 0. The molecule has 0 amide bonds. The van der Waals surface area contributed by atoms with E-state index in [9.17, 15) is 33.2 Å². The van der Waals surface area contributed by atoms with E-state index < -0.39 is 40.3 Å². The molecule has 90 valence electrons. The van der Waals surface area contributed by atoms with Crippen molar-refractivity contribution in [2.45, 2.75) is 12.2 Å². The van der Waals surface area contributed by atoms with Crippen LogP contribution in [-0.4, -0.2) is 26.9 Å². The Hall–Kier alpha value is -0.650. The minimum absolute atomic E-state index is 0.547. The second-order valence-electron chi connectivity index (χ2n) is 1.95. The Bertz CT molecular complexity index is 368. The monoisotopic (exact) mass is 276 g/mol. The smallest absolute Gasteiger partial charge is 0.188 e. The third kappa shape index (κ3) is 7.30. The van der Waals surface area contributed by atoms with Crippen LogP contribution in [0.2, 0.25) is 0 Å². The van der Waals surface area contributed by atoms with Crippen molar-refractivity contribution in [3.63, 3.8) is 0 Å². The molecule has 15 heavy (non-hydrogen) atoms. The summed E-state index contributed by atoms with van der Waals surface area (Å²) >= 11 is -3.92. The molecule has 0 rings (SSSR count). The molecule has 0 aromatic rings. The Morgan fingerprint density at radius 3 is 2.00 bits per heavy atom. The van der Waals surface area contributed by atoms with Crippen LogP contribution in [0.5, 0.6) is 0 Å². The highest BCUT2D eigenvalue weighted by Gasteiger charge is 2.39. The molecule has 0 aliphatic heterocycles. The highest BCUT2D eigenvalue weighted by Crippen LogP contribution is 2.23. The number of hydrogen-bond acceptors (Lipinski definition) is 3. The van der Waals surface area contributed by atoms with Gasteiger partial charge in [0.05, 0.1) is 6.21 Å². The zero-order valence-corrected chi connectivity index (χ0v) is 8.08. The zero-order chi connectivity index (χ0) is 12.3. The van der Waals surface area contributed by atoms with Gasteiger partial charge in [-0.15, -0.1) is 12.2 Å². The minimum atomic E-state index is -5.55. The van der Waals surface area contributed by atoms with Crippen molar-refractivity contribution >= 4 is 28.1 Å². The van der Waals surface area contributed by atoms with Gasteiger partial charge in [0.1, 0.15) is 0 Å². The van der Waals surface area contributed by atoms with Crippen LogP contribution in [0.3, 0.4) is 0 Å². The van der Waals surface area contributed by atoms with Crippen molar-refractivity contribution in [1.82, 2.24) is 0 Å². The van der Waals surface area contributed by atoms with Gasteiger partial charge < -0.3 is 0 Å². The lowest BCUT2D eigenvalue weighted by Gasteiger charge is -2.09. The van der Waals surface area contributed by atoms with Crippen molar-refractivity contribution in [3.05, 3.63) is 0 Å². The third-order valence-corrected chi connectivity index (χ3v) is 1.62. The van der Waals surface area contributed by atoms with Crippen molar-refractivity contribution in [3.8, 4) is 0 Å². The molecule has 4 nitrogen and oxygen atoms in total. The van der Waals surface area contributed by atoms with E-state index in [0.717, 1.165) is 0 Å². The summed E-state index contributed by atoms with van der Waals surface area (Å²) in [5.41, 5.74) is 0. The van der Waals surface area contributed by atoms with E-state index in [-0.39, 0.29) is 0 Å². The first-order valence-electron chi connectivity index (χ1n) is 2.87. The first-order valence-corrected chi connectivity index (χ1v) is 5.19. The van der Waals surface area contributed by atoms with E-state index in [1.54, 1.807) is 0 Å². The largest absolute Gasteiger partial charge is 0.417 e. The first kappa shape index (κ1) is 14.3. The molecular formula is C3H2F6N2O2S2. The molecule has 0 radical (unpaired) electrons. The zero-order valence-electron chi connectivity index (χ0n) is 6.45. The normalized spacial score (nSPS) is 15.9.